The van der Waals surface area contributed by atoms with Crippen LogP contribution in [-0.4, -0.2) is 15.9 Å². The summed E-state index contributed by atoms with van der Waals surface area (Å²) in [7, 11) is 0. The summed E-state index contributed by atoms with van der Waals surface area (Å²) in [6.45, 7) is 4.43. The molecule has 1 aromatic heterocycles. The van der Waals surface area contributed by atoms with E-state index in [1.165, 1.54) is 5.56 Å². The first kappa shape index (κ1) is 16.7. The largest absolute Gasteiger partial charge is 0.411 e. The van der Waals surface area contributed by atoms with E-state index in [4.69, 9.17) is 0 Å². The molecular weight excluding hydrogens is 340 g/mol. The van der Waals surface area contributed by atoms with Crippen LogP contribution in [0.5, 0.6) is 0 Å². The van der Waals surface area contributed by atoms with Gasteiger partial charge in [-0.15, -0.1) is 0 Å². The molecule has 0 amide bonds. The summed E-state index contributed by atoms with van der Waals surface area (Å²) in [5, 5.41) is 12.9. The highest BCUT2D eigenvalue weighted by atomic mass is 79.9. The van der Waals surface area contributed by atoms with Crippen LogP contribution in [0.2, 0.25) is 0 Å². The number of halogens is 1. The van der Waals surface area contributed by atoms with Crippen LogP contribution in [0.25, 0.3) is 0 Å². The summed E-state index contributed by atoms with van der Waals surface area (Å²) < 4.78 is 1.07. The van der Waals surface area contributed by atoms with Crippen LogP contribution >= 0.6 is 15.9 Å². The molecule has 0 fully saturated rings. The Kier molecular flexibility index (Phi) is 6.13. The second-order valence-corrected chi connectivity index (χ2v) is 6.78. The van der Waals surface area contributed by atoms with Crippen LogP contribution in [0.15, 0.2) is 58.4 Å². The maximum absolute atomic E-state index is 9.41. The molecule has 0 saturated heterocycles. The molecule has 3 nitrogen and oxygen atoms in total. The number of pyridine rings is 1. The fourth-order valence-electron chi connectivity index (χ4n) is 2.64. The average molecular weight is 361 g/mol. The lowest BCUT2D eigenvalue weighted by molar-refractivity contribution is 0.317. The monoisotopic (exact) mass is 360 g/mol. The second kappa shape index (κ2) is 8.08. The lowest BCUT2D eigenvalue weighted by atomic mass is 9.85. The van der Waals surface area contributed by atoms with Crippen LogP contribution < -0.4 is 0 Å². The highest BCUT2D eigenvalue weighted by molar-refractivity contribution is 9.10. The SMILES string of the molecule is CC(C)CC(CC(=NO)c1ccncc1)c1ccc(Br)cc1. The van der Waals surface area contributed by atoms with Crippen molar-refractivity contribution in [2.75, 3.05) is 0 Å². The Morgan fingerprint density at radius 3 is 2.32 bits per heavy atom. The van der Waals surface area contributed by atoms with Gasteiger partial charge in [0.05, 0.1) is 5.71 Å². The highest BCUT2D eigenvalue weighted by Gasteiger charge is 2.18. The molecule has 0 saturated carbocycles. The van der Waals surface area contributed by atoms with Crippen molar-refractivity contribution in [1.82, 2.24) is 4.98 Å². The van der Waals surface area contributed by atoms with Gasteiger partial charge in [0.1, 0.15) is 0 Å². The molecular formula is C18H21BrN2O. The Labute approximate surface area is 140 Å². The Morgan fingerprint density at radius 1 is 1.14 bits per heavy atom. The molecule has 4 heteroatoms. The van der Waals surface area contributed by atoms with Crippen molar-refractivity contribution in [2.45, 2.75) is 32.6 Å². The van der Waals surface area contributed by atoms with Gasteiger partial charge in [0.15, 0.2) is 0 Å². The number of aromatic nitrogens is 1. The van der Waals surface area contributed by atoms with Gasteiger partial charge in [-0.05, 0) is 48.1 Å². The van der Waals surface area contributed by atoms with Crippen molar-refractivity contribution in [3.63, 3.8) is 0 Å². The minimum Gasteiger partial charge on any atom is -0.411 e. The summed E-state index contributed by atoms with van der Waals surface area (Å²) in [5.41, 5.74) is 2.89. The quantitative estimate of drug-likeness (QED) is 0.434. The summed E-state index contributed by atoms with van der Waals surface area (Å²) in [6.07, 6.45) is 5.20. The molecule has 0 radical (unpaired) electrons. The minimum atomic E-state index is 0.326. The highest BCUT2D eigenvalue weighted by Crippen LogP contribution is 2.29. The predicted octanol–water partition coefficient (Wildman–Crippen LogP) is 5.24. The van der Waals surface area contributed by atoms with Gasteiger partial charge in [-0.25, -0.2) is 0 Å². The van der Waals surface area contributed by atoms with Gasteiger partial charge < -0.3 is 5.21 Å². The smallest absolute Gasteiger partial charge is 0.0874 e. The third kappa shape index (κ3) is 4.67. The summed E-state index contributed by atoms with van der Waals surface area (Å²) >= 11 is 3.48. The Hall–Kier alpha value is -1.68. The van der Waals surface area contributed by atoms with Gasteiger partial charge in [0, 0.05) is 28.9 Å². The zero-order valence-corrected chi connectivity index (χ0v) is 14.5. The summed E-state index contributed by atoms with van der Waals surface area (Å²) in [6, 6.07) is 12.2. The molecule has 2 rings (SSSR count). The lowest BCUT2D eigenvalue weighted by Crippen LogP contribution is -2.11. The number of hydrogen-bond donors (Lipinski definition) is 1. The molecule has 1 N–H and O–H groups in total. The van der Waals surface area contributed by atoms with E-state index in [0.29, 0.717) is 24.0 Å². The van der Waals surface area contributed by atoms with Crippen molar-refractivity contribution in [1.29, 1.82) is 0 Å². The van der Waals surface area contributed by atoms with E-state index in [1.807, 2.05) is 12.1 Å². The van der Waals surface area contributed by atoms with Gasteiger partial charge in [-0.3, -0.25) is 4.98 Å². The van der Waals surface area contributed by atoms with Crippen molar-refractivity contribution in [3.05, 3.63) is 64.4 Å². The van der Waals surface area contributed by atoms with E-state index >= 15 is 0 Å². The number of hydrogen-bond acceptors (Lipinski definition) is 3. The number of nitrogens with zero attached hydrogens (tertiary/aromatic N) is 2. The van der Waals surface area contributed by atoms with Crippen molar-refractivity contribution in [2.24, 2.45) is 11.1 Å². The molecule has 2 aromatic rings. The van der Waals surface area contributed by atoms with E-state index in [2.05, 4.69) is 64.2 Å². The molecule has 0 aliphatic rings. The van der Waals surface area contributed by atoms with Crippen molar-refractivity contribution < 1.29 is 5.21 Å². The van der Waals surface area contributed by atoms with Crippen LogP contribution in [0, 0.1) is 5.92 Å². The fraction of sp³-hybridized carbons (Fsp3) is 0.333. The Morgan fingerprint density at radius 2 is 1.77 bits per heavy atom. The van der Waals surface area contributed by atoms with Crippen LogP contribution in [0.1, 0.15) is 43.7 Å². The van der Waals surface area contributed by atoms with Gasteiger partial charge in [0.2, 0.25) is 0 Å². The number of rotatable bonds is 6. The zero-order chi connectivity index (χ0) is 15.9. The first-order valence-corrected chi connectivity index (χ1v) is 8.26. The Balaban J connectivity index is 2.24. The maximum atomic E-state index is 9.41. The number of oxime groups is 1. The third-order valence-corrected chi connectivity index (χ3v) is 4.20. The normalized spacial score (nSPS) is 13.4. The van der Waals surface area contributed by atoms with Crippen molar-refractivity contribution in [3.8, 4) is 0 Å². The minimum absolute atomic E-state index is 0.326. The second-order valence-electron chi connectivity index (χ2n) is 5.86. The summed E-state index contributed by atoms with van der Waals surface area (Å²) in [4.78, 5) is 4.02. The molecule has 1 heterocycles. The molecule has 1 unspecified atom stereocenters. The standard InChI is InChI=1S/C18H21BrN2O/c1-13(2)11-16(14-3-5-17(19)6-4-14)12-18(21-22)15-7-9-20-10-8-15/h3-10,13,16,22H,11-12H2,1-2H3. The first-order valence-electron chi connectivity index (χ1n) is 7.47. The molecule has 0 aliphatic heterocycles. The average Bonchev–Trinajstić information content (AvgIpc) is 2.52. The fourth-order valence-corrected chi connectivity index (χ4v) is 2.90. The van der Waals surface area contributed by atoms with E-state index in [-0.39, 0.29) is 0 Å². The topological polar surface area (TPSA) is 45.5 Å². The Bertz CT molecular complexity index is 609. The van der Waals surface area contributed by atoms with E-state index in [0.717, 1.165) is 16.5 Å². The van der Waals surface area contributed by atoms with E-state index < -0.39 is 0 Å². The van der Waals surface area contributed by atoms with Gasteiger partial charge in [0.25, 0.3) is 0 Å². The molecule has 1 atom stereocenters. The molecule has 116 valence electrons. The maximum Gasteiger partial charge on any atom is 0.0874 e. The summed E-state index contributed by atoms with van der Waals surface area (Å²) in [5.74, 6) is 0.901. The van der Waals surface area contributed by atoms with Crippen LogP contribution in [0.4, 0.5) is 0 Å². The lowest BCUT2D eigenvalue weighted by Gasteiger charge is -2.20. The molecule has 0 aliphatic carbocycles. The zero-order valence-electron chi connectivity index (χ0n) is 12.9. The van der Waals surface area contributed by atoms with Crippen LogP contribution in [0.3, 0.4) is 0 Å². The molecule has 22 heavy (non-hydrogen) atoms. The molecule has 0 spiro atoms. The van der Waals surface area contributed by atoms with Gasteiger partial charge >= 0.3 is 0 Å². The van der Waals surface area contributed by atoms with Crippen LogP contribution in [-0.2, 0) is 0 Å². The third-order valence-electron chi connectivity index (χ3n) is 3.67. The first-order chi connectivity index (χ1) is 10.6. The molecule has 1 aromatic carbocycles. The van der Waals surface area contributed by atoms with Crippen molar-refractivity contribution >= 4 is 21.6 Å². The number of benzene rings is 1. The van der Waals surface area contributed by atoms with E-state index in [9.17, 15) is 5.21 Å². The van der Waals surface area contributed by atoms with Gasteiger partial charge in [-0.2, -0.15) is 0 Å². The van der Waals surface area contributed by atoms with E-state index in [1.54, 1.807) is 12.4 Å². The van der Waals surface area contributed by atoms with Gasteiger partial charge in [-0.1, -0.05) is 47.1 Å². The predicted molar refractivity (Wildman–Crippen MR) is 93.5 cm³/mol. The molecule has 0 bridgehead atoms.